The van der Waals surface area contributed by atoms with E-state index in [-0.39, 0.29) is 21.6 Å². The Morgan fingerprint density at radius 2 is 2.10 bits per heavy atom. The predicted octanol–water partition coefficient (Wildman–Crippen LogP) is 2.73. The number of ether oxygens (including phenoxy) is 1. The Morgan fingerprint density at radius 3 is 2.60 bits per heavy atom. The van der Waals surface area contributed by atoms with E-state index in [9.17, 15) is 8.42 Å². The van der Waals surface area contributed by atoms with Gasteiger partial charge in [-0.3, -0.25) is 0 Å². The van der Waals surface area contributed by atoms with Crippen LogP contribution in [0.2, 0.25) is 5.02 Å². The van der Waals surface area contributed by atoms with Crippen molar-refractivity contribution in [1.29, 1.82) is 0 Å². The topological polar surface area (TPSA) is 72.6 Å². The number of benzene rings is 1. The number of hydrogen-bond donors (Lipinski definition) is 1. The normalized spacial score (nSPS) is 13.7. The first-order valence-electron chi connectivity index (χ1n) is 6.01. The van der Waals surface area contributed by atoms with Crippen molar-refractivity contribution in [2.24, 2.45) is 0 Å². The van der Waals surface area contributed by atoms with Crippen molar-refractivity contribution in [2.75, 3.05) is 26.0 Å². The van der Waals surface area contributed by atoms with Gasteiger partial charge in [-0.2, -0.15) is 4.31 Å². The number of rotatable bonds is 6. The Bertz CT molecular complexity index is 580. The van der Waals surface area contributed by atoms with Crippen LogP contribution in [-0.4, -0.2) is 39.0 Å². The third-order valence-electron chi connectivity index (χ3n) is 2.83. The zero-order valence-electron chi connectivity index (χ0n) is 11.6. The van der Waals surface area contributed by atoms with Crippen molar-refractivity contribution >= 4 is 43.2 Å². The van der Waals surface area contributed by atoms with E-state index in [0.29, 0.717) is 17.6 Å². The zero-order valence-corrected chi connectivity index (χ0v) is 14.7. The maximum atomic E-state index is 12.7. The molecule has 0 spiro atoms. The van der Waals surface area contributed by atoms with E-state index in [2.05, 4.69) is 15.9 Å². The van der Waals surface area contributed by atoms with E-state index < -0.39 is 10.0 Å². The minimum Gasteiger partial charge on any atom is -0.398 e. The average molecular weight is 386 g/mol. The van der Waals surface area contributed by atoms with Gasteiger partial charge in [-0.05, 0) is 35.0 Å². The molecule has 8 heteroatoms. The summed E-state index contributed by atoms with van der Waals surface area (Å²) in [6.07, 6.45) is 0. The van der Waals surface area contributed by atoms with Crippen LogP contribution in [0.1, 0.15) is 13.8 Å². The molecule has 0 aromatic heterocycles. The minimum atomic E-state index is -3.71. The van der Waals surface area contributed by atoms with E-state index in [1.54, 1.807) is 13.8 Å². The molecule has 5 nitrogen and oxygen atoms in total. The summed E-state index contributed by atoms with van der Waals surface area (Å²) in [5, 5.41) is 0.278. The molecule has 0 saturated heterocycles. The van der Waals surface area contributed by atoms with Gasteiger partial charge in [-0.15, -0.1) is 0 Å². The SMILES string of the molecule is CCN(C(C)COC)S(=O)(=O)c1cc(Cl)cc(N)c1Br. The predicted molar refractivity (Wildman–Crippen MR) is 84.5 cm³/mol. The molecule has 0 amide bonds. The van der Waals surface area contributed by atoms with Gasteiger partial charge < -0.3 is 10.5 Å². The Morgan fingerprint density at radius 1 is 1.50 bits per heavy atom. The molecule has 0 saturated carbocycles. The number of sulfonamides is 1. The van der Waals surface area contributed by atoms with Gasteiger partial charge in [0.15, 0.2) is 0 Å². The molecule has 0 heterocycles. The van der Waals surface area contributed by atoms with Gasteiger partial charge in [0.25, 0.3) is 0 Å². The van der Waals surface area contributed by atoms with Crippen LogP contribution in [0.4, 0.5) is 5.69 Å². The molecule has 20 heavy (non-hydrogen) atoms. The summed E-state index contributed by atoms with van der Waals surface area (Å²) in [4.78, 5) is 0.0623. The molecule has 1 unspecified atom stereocenters. The highest BCUT2D eigenvalue weighted by molar-refractivity contribution is 9.10. The first-order valence-corrected chi connectivity index (χ1v) is 8.62. The van der Waals surface area contributed by atoms with Crippen molar-refractivity contribution in [1.82, 2.24) is 4.31 Å². The molecule has 0 aliphatic heterocycles. The maximum Gasteiger partial charge on any atom is 0.244 e. The third kappa shape index (κ3) is 3.65. The van der Waals surface area contributed by atoms with Crippen LogP contribution in [0.15, 0.2) is 21.5 Å². The van der Waals surface area contributed by atoms with Crippen LogP contribution in [0.25, 0.3) is 0 Å². The highest BCUT2D eigenvalue weighted by Gasteiger charge is 2.30. The Labute approximate surface area is 133 Å². The lowest BCUT2D eigenvalue weighted by molar-refractivity contribution is 0.142. The molecule has 1 aromatic rings. The number of hydrogen-bond acceptors (Lipinski definition) is 4. The van der Waals surface area contributed by atoms with Crippen LogP contribution in [0.5, 0.6) is 0 Å². The molecule has 1 aromatic carbocycles. The van der Waals surface area contributed by atoms with Crippen LogP contribution in [0, 0.1) is 0 Å². The van der Waals surface area contributed by atoms with Gasteiger partial charge in [0.2, 0.25) is 10.0 Å². The highest BCUT2D eigenvalue weighted by atomic mass is 79.9. The quantitative estimate of drug-likeness (QED) is 0.764. The lowest BCUT2D eigenvalue weighted by atomic mass is 10.3. The monoisotopic (exact) mass is 384 g/mol. The third-order valence-corrected chi connectivity index (χ3v) is 6.31. The average Bonchev–Trinajstić information content (AvgIpc) is 2.34. The molecule has 0 radical (unpaired) electrons. The second-order valence-electron chi connectivity index (χ2n) is 4.32. The first-order chi connectivity index (χ1) is 9.25. The standard InChI is InChI=1S/C12H18BrClN2O3S/c1-4-16(8(2)7-19-3)20(17,18)11-6-9(14)5-10(15)12(11)13/h5-6,8H,4,7,15H2,1-3H3. The minimum absolute atomic E-state index is 0.0623. The fourth-order valence-electron chi connectivity index (χ4n) is 1.94. The summed E-state index contributed by atoms with van der Waals surface area (Å²) in [6.45, 7) is 4.18. The highest BCUT2D eigenvalue weighted by Crippen LogP contribution is 2.33. The van der Waals surface area contributed by atoms with Crippen LogP contribution >= 0.6 is 27.5 Å². The largest absolute Gasteiger partial charge is 0.398 e. The molecule has 114 valence electrons. The number of nitrogens with two attached hydrogens (primary N) is 1. The Kier molecular flexibility index (Phi) is 6.27. The smallest absolute Gasteiger partial charge is 0.244 e. The van der Waals surface area contributed by atoms with Gasteiger partial charge in [0.1, 0.15) is 0 Å². The lowest BCUT2D eigenvalue weighted by Gasteiger charge is -2.27. The second kappa shape index (κ2) is 7.09. The zero-order chi connectivity index (χ0) is 15.5. The maximum absolute atomic E-state index is 12.7. The summed E-state index contributed by atoms with van der Waals surface area (Å²) < 4.78 is 32.2. The lowest BCUT2D eigenvalue weighted by Crippen LogP contribution is -2.41. The van der Waals surface area contributed by atoms with Crippen molar-refractivity contribution < 1.29 is 13.2 Å². The number of nitrogen functional groups attached to an aromatic ring is 1. The molecule has 1 atom stereocenters. The van der Waals surface area contributed by atoms with Gasteiger partial charge in [-0.1, -0.05) is 18.5 Å². The summed E-state index contributed by atoms with van der Waals surface area (Å²) >= 11 is 9.12. The summed E-state index contributed by atoms with van der Waals surface area (Å²) in [6, 6.07) is 2.60. The Balaban J connectivity index is 3.35. The van der Waals surface area contributed by atoms with Crippen molar-refractivity contribution in [2.45, 2.75) is 24.8 Å². The van der Waals surface area contributed by atoms with Gasteiger partial charge >= 0.3 is 0 Å². The van der Waals surface area contributed by atoms with E-state index >= 15 is 0 Å². The summed E-state index contributed by atoms with van der Waals surface area (Å²) in [5.41, 5.74) is 6.04. The number of likely N-dealkylation sites (N-methyl/N-ethyl adjacent to an activating group) is 1. The van der Waals surface area contributed by atoms with E-state index in [0.717, 1.165) is 0 Å². The van der Waals surface area contributed by atoms with Gasteiger partial charge in [-0.25, -0.2) is 8.42 Å². The van der Waals surface area contributed by atoms with E-state index in [1.165, 1.54) is 23.5 Å². The van der Waals surface area contributed by atoms with E-state index in [1.807, 2.05) is 0 Å². The fourth-order valence-corrected chi connectivity index (χ4v) is 4.82. The summed E-state index contributed by atoms with van der Waals surface area (Å²) in [7, 11) is -2.17. The summed E-state index contributed by atoms with van der Waals surface area (Å²) in [5.74, 6) is 0. The van der Waals surface area contributed by atoms with Crippen LogP contribution < -0.4 is 5.73 Å². The van der Waals surface area contributed by atoms with Crippen LogP contribution in [0.3, 0.4) is 0 Å². The molecular weight excluding hydrogens is 368 g/mol. The molecule has 0 bridgehead atoms. The number of methoxy groups -OCH3 is 1. The number of anilines is 1. The van der Waals surface area contributed by atoms with Crippen LogP contribution in [-0.2, 0) is 14.8 Å². The number of halogens is 2. The molecular formula is C12H18BrClN2O3S. The van der Waals surface area contributed by atoms with Crippen molar-refractivity contribution in [3.8, 4) is 0 Å². The van der Waals surface area contributed by atoms with Crippen molar-refractivity contribution in [3.63, 3.8) is 0 Å². The molecule has 1 rings (SSSR count). The molecule has 2 N–H and O–H groups in total. The van der Waals surface area contributed by atoms with Crippen molar-refractivity contribution in [3.05, 3.63) is 21.6 Å². The molecule has 0 aliphatic rings. The first kappa shape index (κ1) is 17.7. The second-order valence-corrected chi connectivity index (χ2v) is 7.41. The number of nitrogens with zero attached hydrogens (tertiary/aromatic N) is 1. The molecule has 0 aliphatic carbocycles. The molecule has 0 fully saturated rings. The fraction of sp³-hybridized carbons (Fsp3) is 0.500. The van der Waals surface area contributed by atoms with Gasteiger partial charge in [0.05, 0.1) is 16.0 Å². The van der Waals surface area contributed by atoms with Gasteiger partial charge in [0, 0.05) is 30.4 Å². The Hall–Kier alpha value is -0.340. The van der Waals surface area contributed by atoms with E-state index in [4.69, 9.17) is 22.1 Å².